The van der Waals surface area contributed by atoms with Crippen LogP contribution >= 0.6 is 0 Å². The average molecular weight is 397 g/mol. The SMILES string of the molecule is Cc1ccc2cc(CNc3ccccc3)c(=O)n(CC(=O)Nc3ccccc3)c2c1. The minimum absolute atomic E-state index is 0.0488. The van der Waals surface area contributed by atoms with E-state index < -0.39 is 0 Å². The fourth-order valence-corrected chi connectivity index (χ4v) is 3.44. The molecule has 1 heterocycles. The van der Waals surface area contributed by atoms with Crippen LogP contribution in [0.25, 0.3) is 10.9 Å². The summed E-state index contributed by atoms with van der Waals surface area (Å²) in [5, 5.41) is 7.07. The van der Waals surface area contributed by atoms with Gasteiger partial charge < -0.3 is 10.6 Å². The molecule has 5 heteroatoms. The summed E-state index contributed by atoms with van der Waals surface area (Å²) in [7, 11) is 0. The van der Waals surface area contributed by atoms with Crippen molar-refractivity contribution in [3.63, 3.8) is 0 Å². The molecular weight excluding hydrogens is 374 g/mol. The van der Waals surface area contributed by atoms with Crippen molar-refractivity contribution in [2.24, 2.45) is 0 Å². The molecule has 0 saturated carbocycles. The van der Waals surface area contributed by atoms with E-state index in [1.165, 1.54) is 0 Å². The van der Waals surface area contributed by atoms with Gasteiger partial charge in [0, 0.05) is 23.5 Å². The molecule has 0 aliphatic heterocycles. The van der Waals surface area contributed by atoms with Crippen LogP contribution in [-0.4, -0.2) is 10.5 Å². The molecule has 150 valence electrons. The third kappa shape index (κ3) is 4.41. The first-order valence-corrected chi connectivity index (χ1v) is 9.87. The summed E-state index contributed by atoms with van der Waals surface area (Å²) in [5.41, 5.74) is 3.88. The Morgan fingerprint density at radius 1 is 0.867 bits per heavy atom. The largest absolute Gasteiger partial charge is 0.381 e. The van der Waals surface area contributed by atoms with E-state index in [2.05, 4.69) is 10.6 Å². The van der Waals surface area contributed by atoms with Gasteiger partial charge in [0.15, 0.2) is 0 Å². The van der Waals surface area contributed by atoms with Gasteiger partial charge in [-0.1, -0.05) is 48.5 Å². The highest BCUT2D eigenvalue weighted by Gasteiger charge is 2.13. The third-order valence-corrected chi connectivity index (χ3v) is 4.94. The van der Waals surface area contributed by atoms with Gasteiger partial charge in [-0.05, 0) is 54.3 Å². The van der Waals surface area contributed by atoms with Crippen LogP contribution in [0, 0.1) is 6.92 Å². The minimum Gasteiger partial charge on any atom is -0.381 e. The summed E-state index contributed by atoms with van der Waals surface area (Å²) in [5.74, 6) is -0.237. The van der Waals surface area contributed by atoms with E-state index in [9.17, 15) is 9.59 Å². The molecule has 30 heavy (non-hydrogen) atoms. The monoisotopic (exact) mass is 397 g/mol. The summed E-state index contributed by atoms with van der Waals surface area (Å²) < 4.78 is 1.56. The molecule has 5 nitrogen and oxygen atoms in total. The number of aromatic nitrogens is 1. The molecule has 0 fully saturated rings. The Labute approximate surface area is 175 Å². The van der Waals surface area contributed by atoms with Crippen molar-refractivity contribution < 1.29 is 4.79 Å². The third-order valence-electron chi connectivity index (χ3n) is 4.94. The van der Waals surface area contributed by atoms with Crippen molar-refractivity contribution >= 4 is 28.2 Å². The maximum atomic E-state index is 13.2. The van der Waals surface area contributed by atoms with Crippen LogP contribution in [0.2, 0.25) is 0 Å². The minimum atomic E-state index is -0.237. The molecule has 1 amide bonds. The van der Waals surface area contributed by atoms with Gasteiger partial charge in [0.05, 0.1) is 5.52 Å². The number of pyridine rings is 1. The zero-order valence-corrected chi connectivity index (χ0v) is 16.8. The van der Waals surface area contributed by atoms with Crippen LogP contribution in [0.1, 0.15) is 11.1 Å². The lowest BCUT2D eigenvalue weighted by atomic mass is 10.1. The number of para-hydroxylation sites is 2. The number of aryl methyl sites for hydroxylation is 1. The first-order chi connectivity index (χ1) is 14.6. The number of carbonyl (C=O) groups is 1. The van der Waals surface area contributed by atoms with Gasteiger partial charge in [-0.25, -0.2) is 0 Å². The van der Waals surface area contributed by atoms with Crippen LogP contribution in [-0.2, 0) is 17.9 Å². The Kier molecular flexibility index (Phi) is 5.61. The summed E-state index contributed by atoms with van der Waals surface area (Å²) in [6.45, 7) is 2.31. The summed E-state index contributed by atoms with van der Waals surface area (Å²) in [4.78, 5) is 25.9. The zero-order valence-electron chi connectivity index (χ0n) is 16.8. The molecule has 0 bridgehead atoms. The number of anilines is 2. The Morgan fingerprint density at radius 2 is 1.53 bits per heavy atom. The van der Waals surface area contributed by atoms with Crippen LogP contribution in [0.15, 0.2) is 89.7 Å². The van der Waals surface area contributed by atoms with E-state index in [1.807, 2.05) is 91.9 Å². The second-order valence-corrected chi connectivity index (χ2v) is 7.26. The van der Waals surface area contributed by atoms with Crippen LogP contribution in [0.4, 0.5) is 11.4 Å². The summed E-state index contributed by atoms with van der Waals surface area (Å²) in [6, 6.07) is 26.8. The van der Waals surface area contributed by atoms with E-state index in [-0.39, 0.29) is 18.0 Å². The fourth-order valence-electron chi connectivity index (χ4n) is 3.44. The standard InChI is InChI=1S/C25H23N3O2/c1-18-12-13-19-15-20(16-26-21-8-4-2-5-9-21)25(30)28(23(19)14-18)17-24(29)27-22-10-6-3-7-11-22/h2-15,26H,16-17H2,1H3,(H,27,29). The number of carbonyl (C=O) groups excluding carboxylic acids is 1. The quantitative estimate of drug-likeness (QED) is 0.501. The molecule has 1 aromatic heterocycles. The first kappa shape index (κ1) is 19.5. The number of nitrogens with zero attached hydrogens (tertiary/aromatic N) is 1. The lowest BCUT2D eigenvalue weighted by Crippen LogP contribution is -2.30. The van der Waals surface area contributed by atoms with Crippen molar-refractivity contribution in [2.75, 3.05) is 10.6 Å². The highest BCUT2D eigenvalue weighted by molar-refractivity contribution is 5.92. The lowest BCUT2D eigenvalue weighted by Gasteiger charge is -2.14. The van der Waals surface area contributed by atoms with Gasteiger partial charge in [0.1, 0.15) is 6.54 Å². The number of rotatable bonds is 6. The van der Waals surface area contributed by atoms with Crippen molar-refractivity contribution in [2.45, 2.75) is 20.0 Å². The molecule has 0 radical (unpaired) electrons. The number of fused-ring (bicyclic) bond motifs is 1. The highest BCUT2D eigenvalue weighted by atomic mass is 16.2. The van der Waals surface area contributed by atoms with Gasteiger partial charge in [0.2, 0.25) is 5.91 Å². The van der Waals surface area contributed by atoms with E-state index in [1.54, 1.807) is 4.57 Å². The number of hydrogen-bond acceptors (Lipinski definition) is 3. The van der Waals surface area contributed by atoms with Crippen LogP contribution in [0.3, 0.4) is 0 Å². The van der Waals surface area contributed by atoms with Gasteiger partial charge in [-0.15, -0.1) is 0 Å². The molecule has 0 atom stereocenters. The number of nitrogens with one attached hydrogen (secondary N) is 2. The number of hydrogen-bond donors (Lipinski definition) is 2. The molecule has 3 aromatic carbocycles. The second-order valence-electron chi connectivity index (χ2n) is 7.26. The molecule has 0 aliphatic rings. The lowest BCUT2D eigenvalue weighted by molar-refractivity contribution is -0.116. The van der Waals surface area contributed by atoms with Crippen molar-refractivity contribution in [1.82, 2.24) is 4.57 Å². The number of benzene rings is 3. The summed E-state index contributed by atoms with van der Waals surface area (Å²) in [6.07, 6.45) is 0. The maximum Gasteiger partial charge on any atom is 0.256 e. The van der Waals surface area contributed by atoms with Crippen molar-refractivity contribution in [3.05, 3.63) is 106 Å². The van der Waals surface area contributed by atoms with Crippen molar-refractivity contribution in [3.8, 4) is 0 Å². The van der Waals surface area contributed by atoms with Crippen LogP contribution < -0.4 is 16.2 Å². The predicted octanol–water partition coefficient (Wildman–Crippen LogP) is 4.56. The van der Waals surface area contributed by atoms with E-state index in [0.29, 0.717) is 17.8 Å². The smallest absolute Gasteiger partial charge is 0.256 e. The fraction of sp³-hybridized carbons (Fsp3) is 0.120. The molecule has 2 N–H and O–H groups in total. The molecule has 0 unspecified atom stereocenters. The Morgan fingerprint density at radius 3 is 2.23 bits per heavy atom. The molecule has 4 rings (SSSR count). The predicted molar refractivity (Wildman–Crippen MR) is 122 cm³/mol. The topological polar surface area (TPSA) is 63.1 Å². The Hall–Kier alpha value is -3.86. The van der Waals surface area contributed by atoms with Crippen molar-refractivity contribution in [1.29, 1.82) is 0 Å². The second kappa shape index (κ2) is 8.66. The molecule has 0 spiro atoms. The normalized spacial score (nSPS) is 10.7. The van der Waals surface area contributed by atoms with Gasteiger partial charge in [-0.3, -0.25) is 14.2 Å². The first-order valence-electron chi connectivity index (χ1n) is 9.87. The maximum absolute atomic E-state index is 13.2. The summed E-state index contributed by atoms with van der Waals surface area (Å²) >= 11 is 0. The van der Waals surface area contributed by atoms with Gasteiger partial charge >= 0.3 is 0 Å². The number of amides is 1. The van der Waals surface area contributed by atoms with E-state index in [0.717, 1.165) is 22.2 Å². The zero-order chi connectivity index (χ0) is 20.9. The van der Waals surface area contributed by atoms with E-state index in [4.69, 9.17) is 0 Å². The average Bonchev–Trinajstić information content (AvgIpc) is 2.76. The molecule has 0 aliphatic carbocycles. The van der Waals surface area contributed by atoms with Gasteiger partial charge in [0.25, 0.3) is 5.56 Å². The van der Waals surface area contributed by atoms with E-state index >= 15 is 0 Å². The highest BCUT2D eigenvalue weighted by Crippen LogP contribution is 2.17. The Bertz CT molecular complexity index is 1230. The van der Waals surface area contributed by atoms with Crippen LogP contribution in [0.5, 0.6) is 0 Å². The molecule has 4 aromatic rings. The molecule has 0 saturated heterocycles. The van der Waals surface area contributed by atoms with Gasteiger partial charge in [-0.2, -0.15) is 0 Å². The Balaban J connectivity index is 1.67. The molecular formula is C25H23N3O2.